The molecule has 11 heteroatoms. The smallest absolute Gasteiger partial charge is 0.269 e. The summed E-state index contributed by atoms with van der Waals surface area (Å²) in [5, 5.41) is 21.7. The molecule has 0 fully saturated rings. The number of aliphatic hydroxyl groups excluding tert-OH is 1. The molecule has 39 heavy (non-hydrogen) atoms. The molecule has 2 atom stereocenters. The highest BCUT2D eigenvalue weighted by Gasteiger charge is 2.29. The number of nitro groups is 1. The Hall–Kier alpha value is -3.67. The molecule has 1 heterocycles. The minimum atomic E-state index is -3.38. The highest BCUT2D eigenvalue weighted by Crippen LogP contribution is 2.35. The number of benzene rings is 3. The van der Waals surface area contributed by atoms with Crippen molar-refractivity contribution in [3.8, 4) is 11.5 Å². The topological polar surface area (TPSA) is 131 Å². The third-order valence-corrected chi connectivity index (χ3v) is 7.32. The zero-order chi connectivity index (χ0) is 28.0. The van der Waals surface area contributed by atoms with Crippen molar-refractivity contribution >= 4 is 21.4 Å². The quantitative estimate of drug-likeness (QED) is 0.254. The van der Waals surface area contributed by atoms with E-state index in [-0.39, 0.29) is 18.3 Å². The van der Waals surface area contributed by atoms with Crippen LogP contribution in [0.4, 0.5) is 11.4 Å². The molecule has 0 saturated heterocycles. The zero-order valence-corrected chi connectivity index (χ0v) is 22.8. The molecule has 0 aromatic heterocycles. The molecule has 208 valence electrons. The maximum absolute atomic E-state index is 11.7. The number of nitrogens with zero attached hydrogens (tertiary/aromatic N) is 2. The average molecular weight is 556 g/mol. The number of nitro benzene ring substituents is 1. The van der Waals surface area contributed by atoms with Crippen LogP contribution in [0.3, 0.4) is 0 Å². The summed E-state index contributed by atoms with van der Waals surface area (Å²) in [6.45, 7) is 1.41. The van der Waals surface area contributed by atoms with Crippen molar-refractivity contribution < 1.29 is 27.9 Å². The molecule has 0 bridgehead atoms. The number of methoxy groups -OCH3 is 1. The molecular weight excluding hydrogens is 522 g/mol. The highest BCUT2D eigenvalue weighted by molar-refractivity contribution is 7.92. The summed E-state index contributed by atoms with van der Waals surface area (Å²) in [5.41, 5.74) is 3.83. The molecule has 1 aliphatic rings. The average Bonchev–Trinajstić information content (AvgIpc) is 2.89. The van der Waals surface area contributed by atoms with E-state index in [2.05, 4.69) is 9.62 Å². The van der Waals surface area contributed by atoms with Crippen LogP contribution in [-0.4, -0.2) is 62.5 Å². The van der Waals surface area contributed by atoms with Crippen LogP contribution in [0.2, 0.25) is 0 Å². The van der Waals surface area contributed by atoms with Gasteiger partial charge in [-0.2, -0.15) is 0 Å². The summed E-state index contributed by atoms with van der Waals surface area (Å²) >= 11 is 0. The van der Waals surface area contributed by atoms with Crippen molar-refractivity contribution in [1.29, 1.82) is 0 Å². The van der Waals surface area contributed by atoms with E-state index in [1.165, 1.54) is 12.1 Å². The number of β-amino-alcohol motifs (C(OH)–C–C–N with tert-alkyl or cyclic N) is 1. The Morgan fingerprint density at radius 2 is 1.79 bits per heavy atom. The molecule has 4 rings (SSSR count). The normalized spacial score (nSPS) is 16.2. The molecule has 2 unspecified atom stereocenters. The number of hydrogen-bond donors (Lipinski definition) is 2. The largest absolute Gasteiger partial charge is 0.497 e. The lowest BCUT2D eigenvalue weighted by Crippen LogP contribution is -2.41. The maximum Gasteiger partial charge on any atom is 0.269 e. The van der Waals surface area contributed by atoms with E-state index in [0.29, 0.717) is 37.4 Å². The minimum absolute atomic E-state index is 0.00473. The highest BCUT2D eigenvalue weighted by atomic mass is 32.2. The van der Waals surface area contributed by atoms with Gasteiger partial charge in [0, 0.05) is 43.4 Å². The van der Waals surface area contributed by atoms with Crippen LogP contribution in [0.1, 0.15) is 29.2 Å². The predicted molar refractivity (Wildman–Crippen MR) is 149 cm³/mol. The molecule has 10 nitrogen and oxygen atoms in total. The van der Waals surface area contributed by atoms with E-state index < -0.39 is 21.1 Å². The van der Waals surface area contributed by atoms with E-state index in [1.54, 1.807) is 25.3 Å². The first-order chi connectivity index (χ1) is 18.6. The van der Waals surface area contributed by atoms with Gasteiger partial charge in [-0.25, -0.2) is 8.42 Å². The Labute approximate surface area is 228 Å². The van der Waals surface area contributed by atoms with E-state index >= 15 is 0 Å². The lowest BCUT2D eigenvalue weighted by Gasteiger charge is -2.39. The van der Waals surface area contributed by atoms with Crippen LogP contribution in [0, 0.1) is 10.1 Å². The molecule has 3 aromatic carbocycles. The number of nitrogens with one attached hydrogen (secondary N) is 1. The lowest BCUT2D eigenvalue weighted by atomic mass is 9.88. The summed E-state index contributed by atoms with van der Waals surface area (Å²) in [7, 11) is -1.75. The third kappa shape index (κ3) is 7.92. The van der Waals surface area contributed by atoms with Gasteiger partial charge in [0.05, 0.1) is 31.0 Å². The van der Waals surface area contributed by atoms with Gasteiger partial charge in [0.2, 0.25) is 10.0 Å². The number of aliphatic hydroxyl groups is 1. The fourth-order valence-electron chi connectivity index (χ4n) is 4.82. The first-order valence-corrected chi connectivity index (χ1v) is 14.5. The van der Waals surface area contributed by atoms with Crippen LogP contribution in [0.5, 0.6) is 11.5 Å². The predicted octanol–water partition coefficient (Wildman–Crippen LogP) is 3.95. The number of non-ortho nitro benzene ring substituents is 1. The van der Waals surface area contributed by atoms with Crippen molar-refractivity contribution in [2.24, 2.45) is 0 Å². The number of hydrogen-bond acceptors (Lipinski definition) is 8. The molecule has 0 saturated carbocycles. The second-order valence-corrected chi connectivity index (χ2v) is 11.4. The first kappa shape index (κ1) is 28.3. The number of fused-ring (bicyclic) bond motifs is 1. The summed E-state index contributed by atoms with van der Waals surface area (Å²) in [6.07, 6.45) is 2.32. The molecule has 1 aliphatic heterocycles. The fraction of sp³-hybridized carbons (Fsp3) is 0.357. The molecule has 0 spiro atoms. The van der Waals surface area contributed by atoms with Gasteiger partial charge in [0.15, 0.2) is 0 Å². The summed E-state index contributed by atoms with van der Waals surface area (Å²) in [4.78, 5) is 12.6. The minimum Gasteiger partial charge on any atom is -0.497 e. The monoisotopic (exact) mass is 555 g/mol. The fourth-order valence-corrected chi connectivity index (χ4v) is 5.38. The van der Waals surface area contributed by atoms with Crippen LogP contribution < -0.4 is 14.2 Å². The van der Waals surface area contributed by atoms with Gasteiger partial charge in [-0.05, 0) is 65.9 Å². The summed E-state index contributed by atoms with van der Waals surface area (Å²) in [5.74, 6) is 1.29. The van der Waals surface area contributed by atoms with Gasteiger partial charge in [-0.1, -0.05) is 18.2 Å². The van der Waals surface area contributed by atoms with E-state index in [0.717, 1.165) is 35.1 Å². The van der Waals surface area contributed by atoms with Crippen LogP contribution in [0.15, 0.2) is 66.7 Å². The van der Waals surface area contributed by atoms with Crippen LogP contribution in [-0.2, 0) is 22.9 Å². The number of anilines is 1. The van der Waals surface area contributed by atoms with Crippen LogP contribution >= 0.6 is 0 Å². The van der Waals surface area contributed by atoms with Gasteiger partial charge in [-0.15, -0.1) is 0 Å². The van der Waals surface area contributed by atoms with Gasteiger partial charge >= 0.3 is 0 Å². The van der Waals surface area contributed by atoms with Crippen molar-refractivity contribution in [3.63, 3.8) is 0 Å². The Morgan fingerprint density at radius 3 is 2.44 bits per heavy atom. The Bertz CT molecular complexity index is 1380. The standard InChI is InChI=1S/C28H33N3O7S/c1-37-25-8-3-20(4-9-25)17-28-27-12-5-22(29-39(2,35)36)18-21(27)13-15-30(28)19-24(32)14-16-38-26-10-6-23(7-11-26)31(33)34/h3-12,18,24,28-29,32H,13-17,19H2,1-2H3. The number of rotatable bonds is 12. The van der Waals surface area contributed by atoms with Gasteiger partial charge in [-0.3, -0.25) is 19.7 Å². The van der Waals surface area contributed by atoms with Gasteiger partial charge < -0.3 is 14.6 Å². The number of sulfonamides is 1. The number of ether oxygens (including phenoxy) is 2. The third-order valence-electron chi connectivity index (χ3n) is 6.72. The van der Waals surface area contributed by atoms with E-state index in [4.69, 9.17) is 9.47 Å². The van der Waals surface area contributed by atoms with E-state index in [1.807, 2.05) is 36.4 Å². The maximum atomic E-state index is 11.7. The molecule has 3 aromatic rings. The summed E-state index contributed by atoms with van der Waals surface area (Å²) in [6, 6.07) is 19.4. The van der Waals surface area contributed by atoms with Crippen LogP contribution in [0.25, 0.3) is 0 Å². The Morgan fingerprint density at radius 1 is 1.10 bits per heavy atom. The van der Waals surface area contributed by atoms with Crippen molar-refractivity contribution in [1.82, 2.24) is 4.90 Å². The molecule has 0 amide bonds. The van der Waals surface area contributed by atoms with Crippen molar-refractivity contribution in [3.05, 3.63) is 93.5 Å². The van der Waals surface area contributed by atoms with Crippen molar-refractivity contribution in [2.75, 3.05) is 37.8 Å². The van der Waals surface area contributed by atoms with Crippen molar-refractivity contribution in [2.45, 2.75) is 31.4 Å². The lowest BCUT2D eigenvalue weighted by molar-refractivity contribution is -0.384. The van der Waals surface area contributed by atoms with E-state index in [9.17, 15) is 23.6 Å². The molecule has 0 aliphatic carbocycles. The molecular formula is C28H33N3O7S. The zero-order valence-electron chi connectivity index (χ0n) is 21.9. The molecule has 2 N–H and O–H groups in total. The second-order valence-electron chi connectivity index (χ2n) is 9.64. The van der Waals surface area contributed by atoms with Gasteiger partial charge in [0.1, 0.15) is 11.5 Å². The Kier molecular flexibility index (Phi) is 9.05. The molecule has 0 radical (unpaired) electrons. The SMILES string of the molecule is COc1ccc(CC2c3ccc(NS(C)(=O)=O)cc3CCN2CC(O)CCOc2ccc([N+](=O)[O-])cc2)cc1. The Balaban J connectivity index is 1.45. The van der Waals surface area contributed by atoms with Gasteiger partial charge in [0.25, 0.3) is 5.69 Å². The first-order valence-electron chi connectivity index (χ1n) is 12.6. The second kappa shape index (κ2) is 12.5. The summed E-state index contributed by atoms with van der Waals surface area (Å²) < 4.78 is 37.0.